The van der Waals surface area contributed by atoms with Crippen molar-refractivity contribution in [2.75, 3.05) is 13.6 Å². The van der Waals surface area contributed by atoms with Crippen molar-refractivity contribution >= 4 is 33.0 Å². The summed E-state index contributed by atoms with van der Waals surface area (Å²) in [5, 5.41) is 1.79. The Morgan fingerprint density at radius 2 is 2.18 bits per heavy atom. The Morgan fingerprint density at radius 1 is 1.53 bits per heavy atom. The van der Waals surface area contributed by atoms with E-state index in [1.165, 1.54) is 15.6 Å². The van der Waals surface area contributed by atoms with Gasteiger partial charge in [0.25, 0.3) is 10.0 Å². The Kier molecular flexibility index (Phi) is 5.44. The minimum atomic E-state index is -3.34. The number of rotatable bonds is 6. The molecule has 17 heavy (non-hydrogen) atoms. The molecule has 0 aliphatic rings. The molecule has 0 saturated heterocycles. The van der Waals surface area contributed by atoms with Crippen molar-refractivity contribution in [1.82, 2.24) is 4.31 Å². The van der Waals surface area contributed by atoms with E-state index < -0.39 is 10.0 Å². The molecule has 1 unspecified atom stereocenters. The van der Waals surface area contributed by atoms with Crippen molar-refractivity contribution in [3.63, 3.8) is 0 Å². The van der Waals surface area contributed by atoms with Gasteiger partial charge in [-0.1, -0.05) is 20.3 Å². The van der Waals surface area contributed by atoms with Crippen LogP contribution >= 0.6 is 22.9 Å². The number of halogens is 1. The van der Waals surface area contributed by atoms with Crippen LogP contribution in [-0.4, -0.2) is 26.3 Å². The molecule has 0 saturated carbocycles. The second kappa shape index (κ2) is 6.18. The lowest BCUT2D eigenvalue weighted by molar-refractivity contribution is 0.394. The first-order chi connectivity index (χ1) is 7.91. The number of hydrogen-bond acceptors (Lipinski definition) is 3. The van der Waals surface area contributed by atoms with Crippen molar-refractivity contribution in [3.05, 3.63) is 17.0 Å². The second-order valence-electron chi connectivity index (χ2n) is 4.21. The molecule has 0 aromatic carbocycles. The zero-order valence-electron chi connectivity index (χ0n) is 10.3. The summed E-state index contributed by atoms with van der Waals surface area (Å²) in [5.74, 6) is 0.711. The van der Waals surface area contributed by atoms with Gasteiger partial charge >= 0.3 is 0 Å². The molecule has 1 heterocycles. The number of sulfonamides is 1. The summed E-state index contributed by atoms with van der Waals surface area (Å²) < 4.78 is 26.2. The van der Waals surface area contributed by atoms with E-state index in [9.17, 15) is 8.42 Å². The summed E-state index contributed by atoms with van der Waals surface area (Å²) in [6, 6.07) is 1.65. The molecule has 0 radical (unpaired) electrons. The van der Waals surface area contributed by atoms with Crippen LogP contribution in [0, 0.1) is 5.92 Å². The van der Waals surface area contributed by atoms with Crippen molar-refractivity contribution < 1.29 is 8.42 Å². The molecule has 1 atom stereocenters. The highest BCUT2D eigenvalue weighted by Gasteiger charge is 2.23. The van der Waals surface area contributed by atoms with Crippen LogP contribution in [0.4, 0.5) is 0 Å². The van der Waals surface area contributed by atoms with E-state index in [1.54, 1.807) is 18.5 Å². The molecule has 3 nitrogen and oxygen atoms in total. The Bertz CT molecular complexity index is 456. The van der Waals surface area contributed by atoms with Crippen LogP contribution in [0.15, 0.2) is 15.7 Å². The monoisotopic (exact) mass is 295 g/mol. The molecule has 1 aromatic rings. The number of hydrogen-bond donors (Lipinski definition) is 0. The van der Waals surface area contributed by atoms with E-state index in [4.69, 9.17) is 11.6 Å². The van der Waals surface area contributed by atoms with Crippen LogP contribution in [0.2, 0.25) is 0 Å². The van der Waals surface area contributed by atoms with E-state index in [2.05, 4.69) is 6.92 Å². The quantitative estimate of drug-likeness (QED) is 0.756. The summed E-state index contributed by atoms with van der Waals surface area (Å²) in [5.41, 5.74) is 0.854. The normalized spacial score (nSPS) is 14.2. The highest BCUT2D eigenvalue weighted by Crippen LogP contribution is 2.24. The average Bonchev–Trinajstić information content (AvgIpc) is 2.77. The Balaban J connectivity index is 2.87. The van der Waals surface area contributed by atoms with Crippen molar-refractivity contribution in [2.45, 2.75) is 30.4 Å². The molecule has 98 valence electrons. The molecule has 0 N–H and O–H groups in total. The van der Waals surface area contributed by atoms with Gasteiger partial charge in [-0.05, 0) is 22.9 Å². The molecule has 6 heteroatoms. The predicted octanol–water partition coefficient (Wildman–Crippen LogP) is 3.15. The molecule has 0 spiro atoms. The summed E-state index contributed by atoms with van der Waals surface area (Å²) in [4.78, 5) is 0. The summed E-state index contributed by atoms with van der Waals surface area (Å²) in [6.45, 7) is 4.65. The first-order valence-corrected chi connectivity index (χ1v) is 8.37. The van der Waals surface area contributed by atoms with Gasteiger partial charge in [-0.25, -0.2) is 8.42 Å². The van der Waals surface area contributed by atoms with Gasteiger partial charge in [0.15, 0.2) is 0 Å². The molecule has 0 aliphatic heterocycles. The van der Waals surface area contributed by atoms with Crippen LogP contribution in [-0.2, 0) is 15.9 Å². The molecular formula is C11H18ClNO2S2. The standard InChI is InChI=1S/C11H18ClNO2S2/c1-4-9(2)7-13(3)17(14,15)11-5-10(6-12)8-16-11/h5,8-9H,4,6-7H2,1-3H3. The third-order valence-corrected chi connectivity index (χ3v) is 6.31. The number of nitrogens with zero attached hydrogens (tertiary/aromatic N) is 1. The van der Waals surface area contributed by atoms with Gasteiger partial charge in [0, 0.05) is 19.5 Å². The van der Waals surface area contributed by atoms with Gasteiger partial charge in [0.2, 0.25) is 0 Å². The highest BCUT2D eigenvalue weighted by atomic mass is 35.5. The maximum atomic E-state index is 12.2. The third-order valence-electron chi connectivity index (χ3n) is 2.71. The Morgan fingerprint density at radius 3 is 2.65 bits per heavy atom. The number of thiophene rings is 1. The largest absolute Gasteiger partial charge is 0.252 e. The van der Waals surface area contributed by atoms with Gasteiger partial charge in [0.05, 0.1) is 0 Å². The zero-order valence-corrected chi connectivity index (χ0v) is 12.7. The fourth-order valence-electron chi connectivity index (χ4n) is 1.38. The molecular weight excluding hydrogens is 278 g/mol. The van der Waals surface area contributed by atoms with Crippen molar-refractivity contribution in [2.24, 2.45) is 5.92 Å². The fraction of sp³-hybridized carbons (Fsp3) is 0.636. The van der Waals surface area contributed by atoms with E-state index in [0.29, 0.717) is 22.6 Å². The van der Waals surface area contributed by atoms with Gasteiger partial charge in [-0.3, -0.25) is 0 Å². The molecule has 1 aromatic heterocycles. The summed E-state index contributed by atoms with van der Waals surface area (Å²) in [7, 11) is -1.71. The van der Waals surface area contributed by atoms with Gasteiger partial charge in [0.1, 0.15) is 4.21 Å². The Labute approximate surface area is 112 Å². The van der Waals surface area contributed by atoms with E-state index in [0.717, 1.165) is 12.0 Å². The highest BCUT2D eigenvalue weighted by molar-refractivity contribution is 7.91. The van der Waals surface area contributed by atoms with Crippen molar-refractivity contribution in [1.29, 1.82) is 0 Å². The van der Waals surface area contributed by atoms with E-state index in [-0.39, 0.29) is 0 Å². The Hall–Kier alpha value is -0.100. The fourth-order valence-corrected chi connectivity index (χ4v) is 4.33. The molecule has 1 rings (SSSR count). The predicted molar refractivity (Wildman–Crippen MR) is 73.1 cm³/mol. The smallest absolute Gasteiger partial charge is 0.206 e. The van der Waals surface area contributed by atoms with Crippen LogP contribution in [0.25, 0.3) is 0 Å². The molecule has 0 fully saturated rings. The SMILES string of the molecule is CCC(C)CN(C)S(=O)(=O)c1cc(CCl)cs1. The molecule has 0 bridgehead atoms. The zero-order chi connectivity index (χ0) is 13.1. The molecule has 0 aliphatic carbocycles. The van der Waals surface area contributed by atoms with E-state index >= 15 is 0 Å². The number of alkyl halides is 1. The lowest BCUT2D eigenvalue weighted by Gasteiger charge is -2.19. The van der Waals surface area contributed by atoms with E-state index in [1.807, 2.05) is 6.92 Å². The first-order valence-electron chi connectivity index (χ1n) is 5.51. The second-order valence-corrected chi connectivity index (χ2v) is 7.66. The van der Waals surface area contributed by atoms with Crippen LogP contribution < -0.4 is 0 Å². The van der Waals surface area contributed by atoms with Gasteiger partial charge < -0.3 is 0 Å². The maximum absolute atomic E-state index is 12.2. The van der Waals surface area contributed by atoms with Crippen molar-refractivity contribution in [3.8, 4) is 0 Å². The topological polar surface area (TPSA) is 37.4 Å². The first kappa shape index (κ1) is 15.0. The lowest BCUT2D eigenvalue weighted by Crippen LogP contribution is -2.30. The molecule has 0 amide bonds. The van der Waals surface area contributed by atoms with Crippen LogP contribution in [0.1, 0.15) is 25.8 Å². The average molecular weight is 296 g/mol. The third kappa shape index (κ3) is 3.68. The van der Waals surface area contributed by atoms with Gasteiger partial charge in [-0.2, -0.15) is 4.31 Å². The van der Waals surface area contributed by atoms with Crippen LogP contribution in [0.5, 0.6) is 0 Å². The minimum absolute atomic E-state index is 0.348. The summed E-state index contributed by atoms with van der Waals surface area (Å²) >= 11 is 6.90. The van der Waals surface area contributed by atoms with Crippen LogP contribution in [0.3, 0.4) is 0 Å². The lowest BCUT2D eigenvalue weighted by atomic mass is 10.1. The van der Waals surface area contributed by atoms with Gasteiger partial charge in [-0.15, -0.1) is 22.9 Å². The summed E-state index contributed by atoms with van der Waals surface area (Å²) in [6.07, 6.45) is 0.969. The maximum Gasteiger partial charge on any atom is 0.252 e. The minimum Gasteiger partial charge on any atom is -0.206 e.